The number of benzene rings is 3. The lowest BCUT2D eigenvalue weighted by Crippen LogP contribution is -2.62. The number of nitrogens with one attached hydrogen (secondary N) is 1. The second-order valence-electron chi connectivity index (χ2n) is 26.5. The fourth-order valence-corrected chi connectivity index (χ4v) is 19.0. The third-order valence-electron chi connectivity index (χ3n) is 19.3. The largest absolute Gasteiger partial charge is 0.459 e. The Morgan fingerprint density at radius 2 is 1.30 bits per heavy atom. The number of hydrogen-bond acceptors (Lipinski definition) is 15. The summed E-state index contributed by atoms with van der Waals surface area (Å²) in [4.78, 5) is 45.8. The molecule has 3 fully saturated rings. The normalized spacial score (nSPS) is 34.5. The molecule has 18 atom stereocenters. The molecular weight excluding hydrogens is 1110 g/mol. The number of alkyl carbamates (subject to hydrolysis) is 1. The number of carbonyl (C=O) groups is 3. The van der Waals surface area contributed by atoms with Crippen molar-refractivity contribution in [2.24, 2.45) is 23.7 Å². The third-order valence-corrected chi connectivity index (χ3v) is 23.8. The Hall–Kier alpha value is -4.06. The smallest absolute Gasteiger partial charge is 0.407 e. The van der Waals surface area contributed by atoms with E-state index in [2.05, 4.69) is 96.3 Å². The fourth-order valence-electron chi connectivity index (χ4n) is 14.6. The summed E-state index contributed by atoms with van der Waals surface area (Å²) >= 11 is 0. The van der Waals surface area contributed by atoms with Crippen LogP contribution in [0.2, 0.25) is 0 Å². The summed E-state index contributed by atoms with van der Waals surface area (Å²) in [7, 11) is 5.40. The summed E-state index contributed by atoms with van der Waals surface area (Å²) < 4.78 is 45.1. The molecule has 482 valence electrons. The maximum Gasteiger partial charge on any atom is 0.407 e. The van der Waals surface area contributed by atoms with Crippen molar-refractivity contribution in [3.63, 3.8) is 0 Å². The Kier molecular flexibility index (Phi) is 26.5. The van der Waals surface area contributed by atoms with Crippen LogP contribution in [-0.4, -0.2) is 175 Å². The van der Waals surface area contributed by atoms with Crippen molar-refractivity contribution >= 4 is 41.2 Å². The Balaban J connectivity index is 1.15. The zero-order chi connectivity index (χ0) is 63.1. The van der Waals surface area contributed by atoms with E-state index in [0.717, 1.165) is 57.5 Å². The molecule has 17 heteroatoms. The molecule has 3 aliphatic rings. The van der Waals surface area contributed by atoms with E-state index in [1.54, 1.807) is 27.7 Å². The molecule has 86 heavy (non-hydrogen) atoms. The molecule has 0 radical (unpaired) electrons. The highest BCUT2D eigenvalue weighted by Crippen LogP contribution is 2.56. The van der Waals surface area contributed by atoms with Crippen LogP contribution >= 0.6 is 7.26 Å². The summed E-state index contributed by atoms with van der Waals surface area (Å²) in [6.07, 6.45) is 1.90. The number of ether oxygens (including phenoxy) is 7. The molecule has 6 rings (SSSR count). The van der Waals surface area contributed by atoms with Crippen molar-refractivity contribution in [1.29, 1.82) is 0 Å². The van der Waals surface area contributed by atoms with Crippen LogP contribution < -0.4 is 21.2 Å². The Bertz CT molecular complexity index is 2430. The predicted molar refractivity (Wildman–Crippen MR) is 342 cm³/mol. The average molecular weight is 1220 g/mol. The number of rotatable bonds is 22. The Labute approximate surface area is 516 Å². The van der Waals surface area contributed by atoms with Crippen LogP contribution in [-0.2, 0) is 42.7 Å². The molecule has 3 aliphatic heterocycles. The standard InChI is InChI=1S/C69H108N3O13P/c1-16-58-69(11,78)63(85-66(76)70-40-32-21-19-17-18-20-22-33-41-86(53-34-26-23-27-35-53,54-36-28-24-29-37-54)55-38-30-25-31-39-55)50(6)72(14)45-46(2)43-67(9,77)62(84-65-60(82-52(8)73)56(71(12)13)42-47(3)80-65)48(4)59(49(5)64(75)83-58)57-44-68(10,79-15)61(74)51(7)81-57/h23-31,34-39,46-51,56-63,65,74,77-78H,16-22,32-33,40-45H2,1-15H3/p+1/t46-,47-,48+,49-,50-,51+,56+,57?,58-,59+,60-,61+,62-,63-,65+,67-,68-,69-/m1/s1. The van der Waals surface area contributed by atoms with Gasteiger partial charge in [-0.3, -0.25) is 14.5 Å². The van der Waals surface area contributed by atoms with Gasteiger partial charge in [0.15, 0.2) is 18.5 Å². The number of carbonyl (C=O) groups excluding carboxylic acids is 3. The van der Waals surface area contributed by atoms with E-state index in [4.69, 9.17) is 33.2 Å². The van der Waals surface area contributed by atoms with Crippen molar-refractivity contribution in [3.8, 4) is 0 Å². The molecule has 0 spiro atoms. The summed E-state index contributed by atoms with van der Waals surface area (Å²) in [5, 5.41) is 44.6. The van der Waals surface area contributed by atoms with Crippen molar-refractivity contribution in [1.82, 2.24) is 15.1 Å². The Morgan fingerprint density at radius 3 is 1.81 bits per heavy atom. The predicted octanol–water partition coefficient (Wildman–Crippen LogP) is 9.59. The van der Waals surface area contributed by atoms with Crippen molar-refractivity contribution in [2.75, 3.05) is 47.5 Å². The molecule has 3 saturated heterocycles. The van der Waals surface area contributed by atoms with Gasteiger partial charge in [-0.25, -0.2) is 4.79 Å². The third kappa shape index (κ3) is 17.7. The monoisotopic (exact) mass is 1220 g/mol. The number of esters is 2. The van der Waals surface area contributed by atoms with Gasteiger partial charge in [-0.1, -0.05) is 114 Å². The molecule has 0 saturated carbocycles. The molecule has 0 bridgehead atoms. The van der Waals surface area contributed by atoms with Crippen LogP contribution in [0.1, 0.15) is 153 Å². The van der Waals surface area contributed by atoms with E-state index in [-0.39, 0.29) is 37.3 Å². The summed E-state index contributed by atoms with van der Waals surface area (Å²) in [6.45, 7) is 20.3. The fraction of sp³-hybridized carbons (Fsp3) is 0.696. The molecule has 1 unspecified atom stereocenters. The number of likely N-dealkylation sites (N-methyl/N-ethyl adjacent to an activating group) is 2. The lowest BCUT2D eigenvalue weighted by Gasteiger charge is -2.51. The first kappa shape index (κ1) is 71.0. The minimum absolute atomic E-state index is 0.175. The number of cyclic esters (lactones) is 1. The van der Waals surface area contributed by atoms with Gasteiger partial charge in [-0.2, -0.15) is 0 Å². The van der Waals surface area contributed by atoms with Crippen LogP contribution in [0.15, 0.2) is 91.0 Å². The van der Waals surface area contributed by atoms with Gasteiger partial charge in [0.1, 0.15) is 41.0 Å². The SMILES string of the molecule is CC[C@H]1OC(=O)[C@H](C)[C@@H](C2C[C@@](C)(OC)[C@@H](O)[C@H](C)O2)[C@H](C)[C@@H](O[C@@H]2O[C@H](C)C[C@H](N(C)C)[C@H]2OC(C)=O)[C@](C)(O)C[C@@H](C)CN(C)[C@H](C)[C@@H](OC(=O)NCCCCCCCCCC[P+](c2ccccc2)(c2ccccc2)c2ccccc2)[C@]1(C)O. The summed E-state index contributed by atoms with van der Waals surface area (Å²) in [5.41, 5.74) is -4.59. The number of unbranched alkanes of at least 4 members (excludes halogenated alkanes) is 7. The van der Waals surface area contributed by atoms with E-state index in [9.17, 15) is 24.9 Å². The van der Waals surface area contributed by atoms with E-state index in [1.807, 2.05) is 72.5 Å². The second-order valence-corrected chi connectivity index (χ2v) is 30.1. The van der Waals surface area contributed by atoms with Crippen LogP contribution in [0.3, 0.4) is 0 Å². The summed E-state index contributed by atoms with van der Waals surface area (Å²) in [5.74, 6) is -3.80. The second kappa shape index (κ2) is 32.1. The Morgan fingerprint density at radius 1 is 0.767 bits per heavy atom. The van der Waals surface area contributed by atoms with Gasteiger partial charge in [0.25, 0.3) is 0 Å². The van der Waals surface area contributed by atoms with Gasteiger partial charge in [-0.05, 0) is 149 Å². The molecular formula is C69H109N3O13P+. The van der Waals surface area contributed by atoms with Crippen LogP contribution in [0.5, 0.6) is 0 Å². The highest BCUT2D eigenvalue weighted by atomic mass is 31.2. The highest BCUT2D eigenvalue weighted by Gasteiger charge is 2.56. The van der Waals surface area contributed by atoms with Gasteiger partial charge in [-0.15, -0.1) is 0 Å². The zero-order valence-corrected chi connectivity index (χ0v) is 55.6. The maximum absolute atomic E-state index is 15.1. The van der Waals surface area contributed by atoms with Gasteiger partial charge in [0, 0.05) is 45.5 Å². The van der Waals surface area contributed by atoms with Crippen LogP contribution in [0.25, 0.3) is 0 Å². The van der Waals surface area contributed by atoms with E-state index < -0.39 is 115 Å². The minimum atomic E-state index is -1.89. The van der Waals surface area contributed by atoms with Gasteiger partial charge in [0.05, 0.1) is 53.7 Å². The van der Waals surface area contributed by atoms with Gasteiger partial charge in [0.2, 0.25) is 0 Å². The van der Waals surface area contributed by atoms with Crippen molar-refractivity contribution < 1.29 is 62.9 Å². The molecule has 1 amide bonds. The number of nitrogens with zero attached hydrogens (tertiary/aromatic N) is 2. The lowest BCUT2D eigenvalue weighted by molar-refractivity contribution is -0.304. The molecule has 16 nitrogen and oxygen atoms in total. The van der Waals surface area contributed by atoms with E-state index in [1.165, 1.54) is 29.9 Å². The topological polar surface area (TPSA) is 195 Å². The van der Waals surface area contributed by atoms with Gasteiger partial charge >= 0.3 is 18.0 Å². The van der Waals surface area contributed by atoms with Crippen LogP contribution in [0, 0.1) is 23.7 Å². The lowest BCUT2D eigenvalue weighted by atomic mass is 9.68. The van der Waals surface area contributed by atoms with E-state index in [0.29, 0.717) is 19.5 Å². The molecule has 0 aromatic heterocycles. The zero-order valence-electron chi connectivity index (χ0n) is 54.7. The number of amides is 1. The summed E-state index contributed by atoms with van der Waals surface area (Å²) in [6, 6.07) is 32.3. The number of aliphatic hydroxyl groups excluding tert-OH is 1. The molecule has 0 aliphatic carbocycles. The number of hydrogen-bond donors (Lipinski definition) is 4. The number of aliphatic hydroxyl groups is 3. The quantitative estimate of drug-likeness (QED) is 0.0321. The molecule has 4 N–H and O–H groups in total. The first-order valence-electron chi connectivity index (χ1n) is 32.1. The minimum Gasteiger partial charge on any atom is -0.459 e. The maximum atomic E-state index is 15.1. The average Bonchev–Trinajstić information content (AvgIpc) is 3.59. The first-order valence-corrected chi connectivity index (χ1v) is 34.1. The highest BCUT2D eigenvalue weighted by molar-refractivity contribution is 7.95. The van der Waals surface area contributed by atoms with Crippen molar-refractivity contribution in [2.45, 2.75) is 237 Å². The molecule has 3 heterocycles. The number of methoxy groups -OCH3 is 1. The molecule has 3 aromatic rings. The molecule has 3 aromatic carbocycles. The van der Waals surface area contributed by atoms with Gasteiger partial charge < -0.3 is 58.7 Å². The van der Waals surface area contributed by atoms with Crippen LogP contribution in [0.4, 0.5) is 4.79 Å². The first-order chi connectivity index (χ1) is 40.7. The van der Waals surface area contributed by atoms with Crippen molar-refractivity contribution in [3.05, 3.63) is 91.0 Å². The van der Waals surface area contributed by atoms with E-state index >= 15 is 4.79 Å².